The Morgan fingerprint density at radius 2 is 1.70 bits per heavy atom. The molecule has 116 valence electrons. The summed E-state index contributed by atoms with van der Waals surface area (Å²) in [5, 5.41) is 0. The first-order chi connectivity index (χ1) is 9.25. The lowest BCUT2D eigenvalue weighted by atomic mass is 9.96. The third kappa shape index (κ3) is 2.14. The van der Waals surface area contributed by atoms with E-state index < -0.39 is 0 Å². The summed E-state index contributed by atoms with van der Waals surface area (Å²) >= 11 is 0. The molecule has 2 heteroatoms. The molecule has 2 nitrogen and oxygen atoms in total. The standard InChI is InChI=1S/C18H34N2/c1-13(2)15-11-19-9-7-8-14(19)10-20(15)12-16-17(3,4)18(16,5)6/h13-16H,7-12H2,1-6H3. The fourth-order valence-electron chi connectivity index (χ4n) is 4.97. The van der Waals surface area contributed by atoms with Crippen molar-refractivity contribution in [3.8, 4) is 0 Å². The van der Waals surface area contributed by atoms with Gasteiger partial charge < -0.3 is 0 Å². The van der Waals surface area contributed by atoms with Crippen molar-refractivity contribution in [2.24, 2.45) is 22.7 Å². The molecule has 2 saturated heterocycles. The normalized spacial score (nSPS) is 37.4. The van der Waals surface area contributed by atoms with Crippen LogP contribution in [-0.4, -0.2) is 48.1 Å². The third-order valence-corrected chi connectivity index (χ3v) is 7.34. The molecule has 0 spiro atoms. The SMILES string of the molecule is CC(C)C1CN2CCCC2CN1CC1C(C)(C)C1(C)C. The number of nitrogens with zero attached hydrogens (tertiary/aromatic N) is 2. The molecule has 0 bridgehead atoms. The van der Waals surface area contributed by atoms with E-state index in [2.05, 4.69) is 51.3 Å². The third-order valence-electron chi connectivity index (χ3n) is 7.34. The van der Waals surface area contributed by atoms with Crippen LogP contribution in [0, 0.1) is 22.7 Å². The number of hydrogen-bond donors (Lipinski definition) is 0. The van der Waals surface area contributed by atoms with E-state index in [1.165, 1.54) is 39.0 Å². The maximum atomic E-state index is 2.86. The summed E-state index contributed by atoms with van der Waals surface area (Å²) in [6.45, 7) is 20.0. The highest BCUT2D eigenvalue weighted by molar-refractivity contribution is 5.13. The molecule has 3 fully saturated rings. The van der Waals surface area contributed by atoms with Gasteiger partial charge in [-0.05, 0) is 42.1 Å². The van der Waals surface area contributed by atoms with Crippen molar-refractivity contribution in [1.29, 1.82) is 0 Å². The fourth-order valence-corrected chi connectivity index (χ4v) is 4.97. The second kappa shape index (κ2) is 4.71. The fraction of sp³-hybridized carbons (Fsp3) is 1.00. The quantitative estimate of drug-likeness (QED) is 0.780. The van der Waals surface area contributed by atoms with Crippen LogP contribution in [0.2, 0.25) is 0 Å². The molecule has 0 amide bonds. The van der Waals surface area contributed by atoms with Gasteiger partial charge in [0, 0.05) is 31.7 Å². The molecule has 2 aliphatic heterocycles. The van der Waals surface area contributed by atoms with Gasteiger partial charge in [-0.2, -0.15) is 0 Å². The van der Waals surface area contributed by atoms with Crippen molar-refractivity contribution >= 4 is 0 Å². The average Bonchev–Trinajstić information content (AvgIpc) is 2.73. The van der Waals surface area contributed by atoms with Crippen molar-refractivity contribution in [3.63, 3.8) is 0 Å². The van der Waals surface area contributed by atoms with Gasteiger partial charge in [-0.25, -0.2) is 0 Å². The molecular weight excluding hydrogens is 244 g/mol. The van der Waals surface area contributed by atoms with Crippen LogP contribution in [0.25, 0.3) is 0 Å². The highest BCUT2D eigenvalue weighted by Crippen LogP contribution is 2.68. The lowest BCUT2D eigenvalue weighted by Crippen LogP contribution is -2.58. The summed E-state index contributed by atoms with van der Waals surface area (Å²) in [6, 6.07) is 1.63. The predicted octanol–water partition coefficient (Wildman–Crippen LogP) is 3.47. The van der Waals surface area contributed by atoms with Gasteiger partial charge in [0.2, 0.25) is 0 Å². The van der Waals surface area contributed by atoms with Crippen molar-refractivity contribution in [3.05, 3.63) is 0 Å². The van der Waals surface area contributed by atoms with E-state index in [9.17, 15) is 0 Å². The molecule has 1 aliphatic carbocycles. The maximum Gasteiger partial charge on any atom is 0.0247 e. The Balaban J connectivity index is 1.70. The van der Waals surface area contributed by atoms with Crippen molar-refractivity contribution in [2.75, 3.05) is 26.2 Å². The van der Waals surface area contributed by atoms with Crippen molar-refractivity contribution in [2.45, 2.75) is 66.5 Å². The van der Waals surface area contributed by atoms with E-state index in [0.29, 0.717) is 10.8 Å². The minimum atomic E-state index is 0.529. The van der Waals surface area contributed by atoms with E-state index in [1.54, 1.807) is 0 Å². The van der Waals surface area contributed by atoms with Crippen LogP contribution in [0.5, 0.6) is 0 Å². The molecule has 3 rings (SSSR count). The Bertz CT molecular complexity index is 358. The Morgan fingerprint density at radius 1 is 1.05 bits per heavy atom. The molecule has 1 saturated carbocycles. The van der Waals surface area contributed by atoms with E-state index in [4.69, 9.17) is 0 Å². The zero-order valence-electron chi connectivity index (χ0n) is 14.4. The Hall–Kier alpha value is -0.0800. The number of hydrogen-bond acceptors (Lipinski definition) is 2. The molecule has 0 aromatic heterocycles. The van der Waals surface area contributed by atoms with E-state index in [0.717, 1.165) is 23.9 Å². The van der Waals surface area contributed by atoms with Gasteiger partial charge in [-0.3, -0.25) is 9.80 Å². The molecule has 20 heavy (non-hydrogen) atoms. The molecule has 2 unspecified atom stereocenters. The molecular formula is C18H34N2. The summed E-state index contributed by atoms with van der Waals surface area (Å²) < 4.78 is 0. The minimum absolute atomic E-state index is 0.529. The number of piperazine rings is 1. The first kappa shape index (κ1) is 14.8. The van der Waals surface area contributed by atoms with Crippen LogP contribution < -0.4 is 0 Å². The second-order valence-electron chi connectivity index (χ2n) is 9.05. The number of fused-ring (bicyclic) bond motifs is 1. The monoisotopic (exact) mass is 278 g/mol. The molecule has 0 radical (unpaired) electrons. The topological polar surface area (TPSA) is 6.48 Å². The van der Waals surface area contributed by atoms with E-state index in [-0.39, 0.29) is 0 Å². The molecule has 3 aliphatic rings. The summed E-state index contributed by atoms with van der Waals surface area (Å²) in [5.74, 6) is 1.66. The zero-order valence-corrected chi connectivity index (χ0v) is 14.4. The van der Waals surface area contributed by atoms with Gasteiger partial charge in [0.1, 0.15) is 0 Å². The number of rotatable bonds is 3. The van der Waals surface area contributed by atoms with Crippen LogP contribution in [0.15, 0.2) is 0 Å². The molecule has 0 aromatic rings. The van der Waals surface area contributed by atoms with Crippen LogP contribution in [0.3, 0.4) is 0 Å². The summed E-state index contributed by atoms with van der Waals surface area (Å²) in [5.41, 5.74) is 1.06. The van der Waals surface area contributed by atoms with Gasteiger partial charge in [0.15, 0.2) is 0 Å². The lowest BCUT2D eigenvalue weighted by molar-refractivity contribution is 0.0230. The highest BCUT2D eigenvalue weighted by atomic mass is 15.3. The van der Waals surface area contributed by atoms with Gasteiger partial charge in [-0.15, -0.1) is 0 Å². The summed E-state index contributed by atoms with van der Waals surface area (Å²) in [4.78, 5) is 5.63. The minimum Gasteiger partial charge on any atom is -0.298 e. The Kier molecular flexibility index (Phi) is 3.49. The zero-order chi connectivity index (χ0) is 14.7. The van der Waals surface area contributed by atoms with Gasteiger partial charge >= 0.3 is 0 Å². The molecule has 0 N–H and O–H groups in total. The van der Waals surface area contributed by atoms with E-state index in [1.807, 2.05) is 0 Å². The molecule has 0 aromatic carbocycles. The van der Waals surface area contributed by atoms with Crippen molar-refractivity contribution < 1.29 is 0 Å². The first-order valence-corrected chi connectivity index (χ1v) is 8.73. The Labute approximate surface area is 125 Å². The first-order valence-electron chi connectivity index (χ1n) is 8.73. The lowest BCUT2D eigenvalue weighted by Gasteiger charge is -2.46. The second-order valence-corrected chi connectivity index (χ2v) is 9.05. The predicted molar refractivity (Wildman–Crippen MR) is 85.8 cm³/mol. The average molecular weight is 278 g/mol. The van der Waals surface area contributed by atoms with Crippen LogP contribution in [-0.2, 0) is 0 Å². The van der Waals surface area contributed by atoms with Crippen LogP contribution in [0.1, 0.15) is 54.4 Å². The summed E-state index contributed by atoms with van der Waals surface area (Å²) in [6.07, 6.45) is 2.85. The highest BCUT2D eigenvalue weighted by Gasteiger charge is 2.64. The molecule has 2 atom stereocenters. The van der Waals surface area contributed by atoms with Gasteiger partial charge in [0.05, 0.1) is 0 Å². The summed E-state index contributed by atoms with van der Waals surface area (Å²) in [7, 11) is 0. The van der Waals surface area contributed by atoms with Gasteiger partial charge in [-0.1, -0.05) is 41.5 Å². The van der Waals surface area contributed by atoms with E-state index >= 15 is 0 Å². The maximum absolute atomic E-state index is 2.86. The molecule has 2 heterocycles. The van der Waals surface area contributed by atoms with Crippen LogP contribution in [0.4, 0.5) is 0 Å². The Morgan fingerprint density at radius 3 is 2.25 bits per heavy atom. The van der Waals surface area contributed by atoms with Crippen LogP contribution >= 0.6 is 0 Å². The smallest absolute Gasteiger partial charge is 0.0247 e. The van der Waals surface area contributed by atoms with Crippen molar-refractivity contribution in [1.82, 2.24) is 9.80 Å². The largest absolute Gasteiger partial charge is 0.298 e. The van der Waals surface area contributed by atoms with Gasteiger partial charge in [0.25, 0.3) is 0 Å².